The van der Waals surface area contributed by atoms with Gasteiger partial charge in [-0.1, -0.05) is 41.9 Å². The Balaban J connectivity index is 1.68. The minimum atomic E-state index is -0.291. The van der Waals surface area contributed by atoms with Gasteiger partial charge in [-0.3, -0.25) is 4.79 Å². The fourth-order valence-corrected chi connectivity index (χ4v) is 3.05. The van der Waals surface area contributed by atoms with Crippen molar-refractivity contribution in [2.45, 2.75) is 6.54 Å². The second-order valence-corrected chi connectivity index (χ2v) is 6.99. The minimum absolute atomic E-state index is 0.291. The fourth-order valence-electron chi connectivity index (χ4n) is 2.92. The molecule has 0 aliphatic heterocycles. The molecule has 0 amide bonds. The zero-order chi connectivity index (χ0) is 20.9. The molecule has 0 radical (unpaired) electrons. The zero-order valence-electron chi connectivity index (χ0n) is 16.2. The number of nitrogens with zero attached hydrogens (tertiary/aromatic N) is 3. The molecule has 4 rings (SSSR count). The van der Waals surface area contributed by atoms with Crippen LogP contribution < -0.4 is 10.1 Å². The van der Waals surface area contributed by atoms with Gasteiger partial charge in [-0.15, -0.1) is 5.10 Å². The van der Waals surface area contributed by atoms with Crippen LogP contribution in [0.1, 0.15) is 15.9 Å². The molecule has 0 bridgehead atoms. The van der Waals surface area contributed by atoms with E-state index >= 15 is 0 Å². The van der Waals surface area contributed by atoms with Crippen molar-refractivity contribution in [2.75, 3.05) is 12.4 Å². The summed E-state index contributed by atoms with van der Waals surface area (Å²) in [5, 5.41) is 8.30. The number of halogens is 1. The highest BCUT2D eigenvalue weighted by Crippen LogP contribution is 2.22. The summed E-state index contributed by atoms with van der Waals surface area (Å²) in [5.74, 6) is 1.18. The predicted octanol–water partition coefficient (Wildman–Crippen LogP) is 4.91. The van der Waals surface area contributed by atoms with Crippen LogP contribution in [0.3, 0.4) is 0 Å². The van der Waals surface area contributed by atoms with Crippen molar-refractivity contribution in [3.63, 3.8) is 0 Å². The maximum absolute atomic E-state index is 13.1. The first kappa shape index (κ1) is 19.7. The molecule has 0 atom stereocenters. The molecule has 0 unspecified atom stereocenters. The Kier molecular flexibility index (Phi) is 5.77. The third kappa shape index (κ3) is 4.34. The van der Waals surface area contributed by atoms with Gasteiger partial charge in [0, 0.05) is 22.7 Å². The van der Waals surface area contributed by atoms with Gasteiger partial charge < -0.3 is 10.1 Å². The summed E-state index contributed by atoms with van der Waals surface area (Å²) in [6, 6.07) is 23.9. The average Bonchev–Trinajstić information content (AvgIpc) is 3.22. The van der Waals surface area contributed by atoms with E-state index in [0.29, 0.717) is 34.7 Å². The van der Waals surface area contributed by atoms with Gasteiger partial charge in [0.15, 0.2) is 5.82 Å². The van der Waals surface area contributed by atoms with E-state index in [1.807, 2.05) is 42.5 Å². The molecule has 0 fully saturated rings. The first-order chi connectivity index (χ1) is 14.6. The SMILES string of the molecule is COc1ccc(C(=O)n2nc(-c3ccc(Cl)cc3)nc2NCc2ccccc2)cc1. The lowest BCUT2D eigenvalue weighted by molar-refractivity contribution is 0.0947. The molecule has 7 heteroatoms. The topological polar surface area (TPSA) is 69.0 Å². The van der Waals surface area contributed by atoms with Gasteiger partial charge in [0.2, 0.25) is 5.95 Å². The van der Waals surface area contributed by atoms with Crippen molar-refractivity contribution in [2.24, 2.45) is 0 Å². The Morgan fingerprint density at radius 2 is 1.70 bits per heavy atom. The molecule has 0 aliphatic carbocycles. The van der Waals surface area contributed by atoms with Crippen LogP contribution in [0.15, 0.2) is 78.9 Å². The summed E-state index contributed by atoms with van der Waals surface area (Å²) in [6.07, 6.45) is 0. The van der Waals surface area contributed by atoms with Gasteiger partial charge >= 0.3 is 0 Å². The molecular weight excluding hydrogens is 400 g/mol. The number of anilines is 1. The summed E-state index contributed by atoms with van der Waals surface area (Å²) in [4.78, 5) is 17.7. The molecule has 0 spiro atoms. The van der Waals surface area contributed by atoms with Crippen molar-refractivity contribution in [1.82, 2.24) is 14.8 Å². The number of hydrogen-bond donors (Lipinski definition) is 1. The Morgan fingerprint density at radius 1 is 1.00 bits per heavy atom. The maximum atomic E-state index is 13.1. The summed E-state index contributed by atoms with van der Waals surface area (Å²) in [6.45, 7) is 0.509. The van der Waals surface area contributed by atoms with Crippen LogP contribution in [0.5, 0.6) is 5.75 Å². The minimum Gasteiger partial charge on any atom is -0.497 e. The molecule has 0 saturated heterocycles. The number of aromatic nitrogens is 3. The van der Waals surface area contributed by atoms with Crippen LogP contribution in [0.4, 0.5) is 5.95 Å². The highest BCUT2D eigenvalue weighted by molar-refractivity contribution is 6.30. The number of hydrogen-bond acceptors (Lipinski definition) is 5. The monoisotopic (exact) mass is 418 g/mol. The molecule has 0 saturated carbocycles. The van der Waals surface area contributed by atoms with Crippen molar-refractivity contribution in [1.29, 1.82) is 0 Å². The first-order valence-electron chi connectivity index (χ1n) is 9.33. The molecule has 1 heterocycles. The highest BCUT2D eigenvalue weighted by atomic mass is 35.5. The van der Waals surface area contributed by atoms with E-state index in [2.05, 4.69) is 15.4 Å². The number of benzene rings is 3. The zero-order valence-corrected chi connectivity index (χ0v) is 17.0. The van der Waals surface area contributed by atoms with E-state index in [0.717, 1.165) is 11.1 Å². The third-order valence-corrected chi connectivity index (χ3v) is 4.78. The number of ether oxygens (including phenoxy) is 1. The second-order valence-electron chi connectivity index (χ2n) is 6.55. The molecule has 3 aromatic carbocycles. The van der Waals surface area contributed by atoms with Crippen molar-refractivity contribution < 1.29 is 9.53 Å². The summed E-state index contributed by atoms with van der Waals surface area (Å²) in [7, 11) is 1.58. The van der Waals surface area contributed by atoms with E-state index in [1.165, 1.54) is 4.68 Å². The molecule has 1 aromatic heterocycles. The Morgan fingerprint density at radius 3 is 2.37 bits per heavy atom. The fraction of sp³-hybridized carbons (Fsp3) is 0.0870. The van der Waals surface area contributed by atoms with Gasteiger partial charge in [0.05, 0.1) is 7.11 Å². The van der Waals surface area contributed by atoms with Crippen LogP contribution in [0.2, 0.25) is 5.02 Å². The molecule has 30 heavy (non-hydrogen) atoms. The second kappa shape index (κ2) is 8.80. The lowest BCUT2D eigenvalue weighted by Crippen LogP contribution is -2.17. The van der Waals surface area contributed by atoms with Gasteiger partial charge in [-0.25, -0.2) is 0 Å². The van der Waals surface area contributed by atoms with Crippen LogP contribution in [0.25, 0.3) is 11.4 Å². The standard InChI is InChI=1S/C23H19ClN4O2/c1-30-20-13-9-18(10-14-20)22(29)28-23(25-15-16-5-3-2-4-6-16)26-21(27-28)17-7-11-19(24)12-8-17/h2-14H,15H2,1H3,(H,25,26,27). The number of nitrogens with one attached hydrogen (secondary N) is 1. The van der Waals surface area contributed by atoms with Crippen LogP contribution >= 0.6 is 11.6 Å². The smallest absolute Gasteiger partial charge is 0.281 e. The first-order valence-corrected chi connectivity index (χ1v) is 9.71. The maximum Gasteiger partial charge on any atom is 0.281 e. The summed E-state index contributed by atoms with van der Waals surface area (Å²) in [5.41, 5.74) is 2.31. The number of carbonyl (C=O) groups excluding carboxylic acids is 1. The van der Waals surface area contributed by atoms with Gasteiger partial charge in [-0.05, 0) is 54.1 Å². The lowest BCUT2D eigenvalue weighted by atomic mass is 10.2. The molecule has 4 aromatic rings. The van der Waals surface area contributed by atoms with Crippen LogP contribution in [-0.4, -0.2) is 27.8 Å². The van der Waals surface area contributed by atoms with E-state index in [4.69, 9.17) is 16.3 Å². The van der Waals surface area contributed by atoms with E-state index in [-0.39, 0.29) is 5.91 Å². The average molecular weight is 419 g/mol. The van der Waals surface area contributed by atoms with E-state index in [9.17, 15) is 4.79 Å². The molecule has 150 valence electrons. The molecule has 6 nitrogen and oxygen atoms in total. The molecular formula is C23H19ClN4O2. The van der Waals surface area contributed by atoms with Crippen molar-refractivity contribution in [3.05, 3.63) is 95.0 Å². The summed E-state index contributed by atoms with van der Waals surface area (Å²) >= 11 is 5.99. The normalized spacial score (nSPS) is 10.6. The number of rotatable bonds is 6. The number of carbonyl (C=O) groups is 1. The Bertz CT molecular complexity index is 1140. The van der Waals surface area contributed by atoms with E-state index < -0.39 is 0 Å². The van der Waals surface area contributed by atoms with Crippen molar-refractivity contribution >= 4 is 23.5 Å². The molecule has 1 N–H and O–H groups in total. The Hall–Kier alpha value is -3.64. The van der Waals surface area contributed by atoms with Crippen molar-refractivity contribution in [3.8, 4) is 17.1 Å². The lowest BCUT2D eigenvalue weighted by Gasteiger charge is -2.08. The quantitative estimate of drug-likeness (QED) is 0.482. The highest BCUT2D eigenvalue weighted by Gasteiger charge is 2.19. The van der Waals surface area contributed by atoms with Crippen LogP contribution in [0, 0.1) is 0 Å². The molecule has 0 aliphatic rings. The van der Waals surface area contributed by atoms with E-state index in [1.54, 1.807) is 43.5 Å². The van der Waals surface area contributed by atoms with Gasteiger partial charge in [-0.2, -0.15) is 9.67 Å². The largest absolute Gasteiger partial charge is 0.497 e. The van der Waals surface area contributed by atoms with Crippen LogP contribution in [-0.2, 0) is 6.54 Å². The Labute approximate surface area is 179 Å². The third-order valence-electron chi connectivity index (χ3n) is 4.53. The van der Waals surface area contributed by atoms with Gasteiger partial charge in [0.1, 0.15) is 5.75 Å². The summed E-state index contributed by atoms with van der Waals surface area (Å²) < 4.78 is 6.45. The predicted molar refractivity (Wildman–Crippen MR) is 117 cm³/mol. The van der Waals surface area contributed by atoms with Gasteiger partial charge in [0.25, 0.3) is 5.91 Å². The number of methoxy groups -OCH3 is 1.